The number of rotatable bonds is 1. The Morgan fingerprint density at radius 2 is 2.10 bits per heavy atom. The third-order valence-electron chi connectivity index (χ3n) is 5.51. The van der Waals surface area contributed by atoms with Crippen molar-refractivity contribution < 1.29 is 9.84 Å². The molecule has 3 aliphatic rings. The Kier molecular flexibility index (Phi) is 3.31. The van der Waals surface area contributed by atoms with Crippen LogP contribution in [0.1, 0.15) is 43.7 Å². The summed E-state index contributed by atoms with van der Waals surface area (Å²) in [6.45, 7) is 3.98. The fourth-order valence-corrected chi connectivity index (χ4v) is 4.46. The number of fused-ring (bicyclic) bond motifs is 1. The van der Waals surface area contributed by atoms with Gasteiger partial charge < -0.3 is 15.2 Å². The quantitative estimate of drug-likeness (QED) is 0.833. The third kappa shape index (κ3) is 2.21. The van der Waals surface area contributed by atoms with Crippen molar-refractivity contribution in [1.29, 1.82) is 0 Å². The maximum Gasteiger partial charge on any atom is 0.128 e. The molecule has 0 radical (unpaired) electrons. The van der Waals surface area contributed by atoms with Gasteiger partial charge in [-0.25, -0.2) is 0 Å². The number of nitrogens with one attached hydrogen (secondary N) is 1. The van der Waals surface area contributed by atoms with Crippen LogP contribution in [-0.4, -0.2) is 41.8 Å². The maximum atomic E-state index is 9.63. The van der Waals surface area contributed by atoms with Gasteiger partial charge in [0.05, 0.1) is 6.04 Å². The van der Waals surface area contributed by atoms with Crippen molar-refractivity contribution in [2.75, 3.05) is 26.2 Å². The summed E-state index contributed by atoms with van der Waals surface area (Å²) in [7, 11) is 0. The van der Waals surface area contributed by atoms with E-state index in [1.165, 1.54) is 37.7 Å². The lowest BCUT2D eigenvalue weighted by molar-refractivity contribution is -0.0138. The Bertz CT molecular complexity index is 517. The molecule has 0 bridgehead atoms. The summed E-state index contributed by atoms with van der Waals surface area (Å²) in [6.07, 6.45) is 6.65. The highest BCUT2D eigenvalue weighted by atomic mass is 16.5. The van der Waals surface area contributed by atoms with Crippen LogP contribution in [0.5, 0.6) is 11.5 Å². The first-order valence-corrected chi connectivity index (χ1v) is 8.22. The lowest BCUT2D eigenvalue weighted by atomic mass is 9.78. The fourth-order valence-electron chi connectivity index (χ4n) is 4.46. The Balaban J connectivity index is 1.66. The molecule has 4 rings (SSSR count). The van der Waals surface area contributed by atoms with E-state index in [4.69, 9.17) is 4.74 Å². The minimum Gasteiger partial charge on any atom is -0.508 e. The van der Waals surface area contributed by atoms with Crippen molar-refractivity contribution in [2.45, 2.75) is 43.7 Å². The van der Waals surface area contributed by atoms with E-state index in [2.05, 4.69) is 10.2 Å². The number of piperazine rings is 1. The van der Waals surface area contributed by atoms with Gasteiger partial charge in [0.15, 0.2) is 0 Å². The van der Waals surface area contributed by atoms with E-state index in [1.54, 1.807) is 12.1 Å². The summed E-state index contributed by atoms with van der Waals surface area (Å²) in [4.78, 5) is 2.70. The molecule has 2 N–H and O–H groups in total. The highest BCUT2D eigenvalue weighted by Crippen LogP contribution is 2.45. The van der Waals surface area contributed by atoms with E-state index < -0.39 is 0 Å². The second kappa shape index (κ2) is 5.18. The molecule has 114 valence electrons. The molecule has 21 heavy (non-hydrogen) atoms. The molecule has 4 heteroatoms. The highest BCUT2D eigenvalue weighted by molar-refractivity contribution is 5.44. The van der Waals surface area contributed by atoms with Crippen LogP contribution >= 0.6 is 0 Å². The summed E-state index contributed by atoms with van der Waals surface area (Å²) in [5.74, 6) is 1.16. The largest absolute Gasteiger partial charge is 0.508 e. The number of benzene rings is 1. The molecular weight excluding hydrogens is 264 g/mol. The molecule has 1 saturated heterocycles. The van der Waals surface area contributed by atoms with E-state index in [-0.39, 0.29) is 0 Å². The van der Waals surface area contributed by atoms with Gasteiger partial charge in [-0.15, -0.1) is 0 Å². The number of nitrogens with zero attached hydrogens (tertiary/aromatic N) is 1. The van der Waals surface area contributed by atoms with Gasteiger partial charge in [0, 0.05) is 36.8 Å². The summed E-state index contributed by atoms with van der Waals surface area (Å²) < 4.78 is 5.86. The van der Waals surface area contributed by atoms with Crippen molar-refractivity contribution in [3.8, 4) is 11.5 Å². The number of aromatic hydroxyl groups is 1. The van der Waals surface area contributed by atoms with Gasteiger partial charge in [-0.05, 0) is 25.0 Å². The van der Waals surface area contributed by atoms with Crippen molar-refractivity contribution in [3.05, 3.63) is 23.8 Å². The van der Waals surface area contributed by atoms with Crippen LogP contribution in [0.2, 0.25) is 0 Å². The van der Waals surface area contributed by atoms with Crippen LogP contribution in [-0.2, 0) is 0 Å². The average molecular weight is 288 g/mol. The van der Waals surface area contributed by atoms with E-state index in [1.807, 2.05) is 6.07 Å². The van der Waals surface area contributed by atoms with Crippen LogP contribution in [0.15, 0.2) is 18.2 Å². The zero-order valence-corrected chi connectivity index (χ0v) is 12.5. The predicted molar refractivity (Wildman–Crippen MR) is 81.7 cm³/mol. The molecule has 1 aromatic rings. The van der Waals surface area contributed by atoms with Gasteiger partial charge in [-0.1, -0.05) is 19.3 Å². The molecule has 1 unspecified atom stereocenters. The third-order valence-corrected chi connectivity index (χ3v) is 5.51. The van der Waals surface area contributed by atoms with E-state index >= 15 is 0 Å². The molecule has 0 aromatic heterocycles. The first-order chi connectivity index (χ1) is 10.3. The van der Waals surface area contributed by atoms with Crippen LogP contribution < -0.4 is 10.1 Å². The van der Waals surface area contributed by atoms with Gasteiger partial charge in [0.1, 0.15) is 18.1 Å². The lowest BCUT2D eigenvalue weighted by Crippen LogP contribution is -2.62. The van der Waals surface area contributed by atoms with Crippen molar-refractivity contribution in [1.82, 2.24) is 10.2 Å². The normalized spacial score (nSPS) is 28.3. The van der Waals surface area contributed by atoms with Crippen molar-refractivity contribution >= 4 is 0 Å². The number of phenolic OH excluding ortho intramolecular Hbond substituents is 1. The smallest absolute Gasteiger partial charge is 0.128 e. The lowest BCUT2D eigenvalue weighted by Gasteiger charge is -2.52. The van der Waals surface area contributed by atoms with Gasteiger partial charge >= 0.3 is 0 Å². The Morgan fingerprint density at radius 3 is 2.95 bits per heavy atom. The summed E-state index contributed by atoms with van der Waals surface area (Å²) >= 11 is 0. The first-order valence-electron chi connectivity index (χ1n) is 8.22. The molecule has 1 spiro atoms. The molecule has 0 amide bonds. The van der Waals surface area contributed by atoms with Gasteiger partial charge in [-0.3, -0.25) is 4.90 Å². The van der Waals surface area contributed by atoms with Crippen LogP contribution in [0.3, 0.4) is 0 Å². The average Bonchev–Trinajstić information content (AvgIpc) is 2.91. The highest BCUT2D eigenvalue weighted by Gasteiger charge is 2.45. The number of hydrogen-bond acceptors (Lipinski definition) is 4. The minimum atomic E-state index is 0.294. The predicted octanol–water partition coefficient (Wildman–Crippen LogP) is 2.43. The second-order valence-corrected chi connectivity index (χ2v) is 6.70. The first kappa shape index (κ1) is 13.4. The molecule has 2 fully saturated rings. The zero-order valence-electron chi connectivity index (χ0n) is 12.5. The molecule has 1 aliphatic carbocycles. The number of ether oxygens (including phenoxy) is 1. The number of phenols is 1. The van der Waals surface area contributed by atoms with Crippen LogP contribution in [0, 0.1) is 0 Å². The van der Waals surface area contributed by atoms with Crippen molar-refractivity contribution in [2.24, 2.45) is 0 Å². The SMILES string of the molecule is Oc1ccc2c(c1)OCC2N1CCNCC12CCCCC2. The van der Waals surface area contributed by atoms with Crippen LogP contribution in [0.4, 0.5) is 0 Å². The van der Waals surface area contributed by atoms with E-state index in [0.29, 0.717) is 17.3 Å². The molecule has 1 atom stereocenters. The van der Waals surface area contributed by atoms with Gasteiger partial charge in [0.25, 0.3) is 0 Å². The monoisotopic (exact) mass is 288 g/mol. The molecule has 4 nitrogen and oxygen atoms in total. The Labute approximate surface area is 126 Å². The summed E-state index contributed by atoms with van der Waals surface area (Å²) in [5, 5.41) is 13.2. The standard InChI is InChI=1S/C17H24N2O2/c20-13-4-5-14-15(11-21-16(14)10-13)19-9-8-18-12-17(19)6-2-1-3-7-17/h4-5,10,15,18,20H,1-3,6-9,11-12H2. The minimum absolute atomic E-state index is 0.294. The second-order valence-electron chi connectivity index (χ2n) is 6.70. The maximum absolute atomic E-state index is 9.63. The van der Waals surface area contributed by atoms with E-state index in [0.717, 1.165) is 32.0 Å². The topological polar surface area (TPSA) is 44.7 Å². The van der Waals surface area contributed by atoms with Crippen molar-refractivity contribution in [3.63, 3.8) is 0 Å². The molecule has 2 heterocycles. The molecule has 2 aliphatic heterocycles. The zero-order chi connectivity index (χ0) is 14.3. The molecule has 1 saturated carbocycles. The number of hydrogen-bond donors (Lipinski definition) is 2. The Morgan fingerprint density at radius 1 is 1.24 bits per heavy atom. The summed E-state index contributed by atoms with van der Waals surface area (Å²) in [5.41, 5.74) is 1.56. The van der Waals surface area contributed by atoms with E-state index in [9.17, 15) is 5.11 Å². The fraction of sp³-hybridized carbons (Fsp3) is 0.647. The molecule has 1 aromatic carbocycles. The Hall–Kier alpha value is -1.26. The van der Waals surface area contributed by atoms with Gasteiger partial charge in [-0.2, -0.15) is 0 Å². The van der Waals surface area contributed by atoms with Crippen LogP contribution in [0.25, 0.3) is 0 Å². The molecular formula is C17H24N2O2. The summed E-state index contributed by atoms with van der Waals surface area (Å²) in [6, 6.07) is 5.93. The van der Waals surface area contributed by atoms with Gasteiger partial charge in [0.2, 0.25) is 0 Å².